The molecule has 0 aliphatic heterocycles. The zero-order chi connectivity index (χ0) is 13.8. The molecular weight excluding hydrogens is 304 g/mol. The maximum atomic E-state index is 12.1. The Kier molecular flexibility index (Phi) is 4.32. The SMILES string of the molecule is Cc1cc(C(=O)NC(C)c2ccccn2)ccc1Br. The van der Waals surface area contributed by atoms with E-state index in [4.69, 9.17) is 0 Å². The topological polar surface area (TPSA) is 42.0 Å². The number of nitrogens with one attached hydrogen (secondary N) is 1. The highest BCUT2D eigenvalue weighted by Gasteiger charge is 2.12. The summed E-state index contributed by atoms with van der Waals surface area (Å²) in [5, 5.41) is 2.94. The zero-order valence-corrected chi connectivity index (χ0v) is 12.4. The number of carbonyl (C=O) groups excluding carboxylic acids is 1. The standard InChI is InChI=1S/C15H15BrN2O/c1-10-9-12(6-7-13(10)16)15(19)18-11(2)14-5-3-4-8-17-14/h3-9,11H,1-2H3,(H,18,19). The number of hydrogen-bond donors (Lipinski definition) is 1. The zero-order valence-electron chi connectivity index (χ0n) is 10.9. The average Bonchev–Trinajstić information content (AvgIpc) is 2.42. The van der Waals surface area contributed by atoms with Gasteiger partial charge in [-0.15, -0.1) is 0 Å². The van der Waals surface area contributed by atoms with Crippen molar-refractivity contribution in [3.8, 4) is 0 Å². The van der Waals surface area contributed by atoms with Gasteiger partial charge in [0, 0.05) is 16.2 Å². The summed E-state index contributed by atoms with van der Waals surface area (Å²) < 4.78 is 1.00. The summed E-state index contributed by atoms with van der Waals surface area (Å²) in [5.41, 5.74) is 2.55. The Bertz CT molecular complexity index is 584. The van der Waals surface area contributed by atoms with E-state index in [2.05, 4.69) is 26.2 Å². The number of aromatic nitrogens is 1. The third-order valence-electron chi connectivity index (χ3n) is 2.90. The van der Waals surface area contributed by atoms with Crippen LogP contribution in [0.2, 0.25) is 0 Å². The lowest BCUT2D eigenvalue weighted by Crippen LogP contribution is -2.27. The lowest BCUT2D eigenvalue weighted by atomic mass is 10.1. The number of nitrogens with zero attached hydrogens (tertiary/aromatic N) is 1. The van der Waals surface area contributed by atoms with E-state index in [9.17, 15) is 4.79 Å². The summed E-state index contributed by atoms with van der Waals surface area (Å²) in [5.74, 6) is -0.0891. The van der Waals surface area contributed by atoms with Crippen molar-refractivity contribution in [1.29, 1.82) is 0 Å². The number of benzene rings is 1. The van der Waals surface area contributed by atoms with Gasteiger partial charge >= 0.3 is 0 Å². The first-order chi connectivity index (χ1) is 9.08. The van der Waals surface area contributed by atoms with Crippen LogP contribution in [0.1, 0.15) is 34.6 Å². The highest BCUT2D eigenvalue weighted by atomic mass is 79.9. The van der Waals surface area contributed by atoms with Crippen LogP contribution in [0, 0.1) is 6.92 Å². The second kappa shape index (κ2) is 5.97. The molecule has 4 heteroatoms. The van der Waals surface area contributed by atoms with E-state index in [0.717, 1.165) is 15.7 Å². The third kappa shape index (κ3) is 3.41. The van der Waals surface area contributed by atoms with Crippen LogP contribution in [0.25, 0.3) is 0 Å². The molecule has 1 heterocycles. The molecule has 1 aromatic carbocycles. The van der Waals surface area contributed by atoms with Gasteiger partial charge in [0.1, 0.15) is 0 Å². The first-order valence-electron chi connectivity index (χ1n) is 6.06. The molecule has 0 spiro atoms. The van der Waals surface area contributed by atoms with Crippen molar-refractivity contribution >= 4 is 21.8 Å². The van der Waals surface area contributed by atoms with Crippen LogP contribution >= 0.6 is 15.9 Å². The molecule has 0 radical (unpaired) electrons. The normalized spacial score (nSPS) is 11.9. The maximum Gasteiger partial charge on any atom is 0.251 e. The van der Waals surface area contributed by atoms with Gasteiger partial charge in [-0.2, -0.15) is 0 Å². The highest BCUT2D eigenvalue weighted by Crippen LogP contribution is 2.18. The minimum absolute atomic E-state index is 0.0891. The smallest absolute Gasteiger partial charge is 0.251 e. The van der Waals surface area contributed by atoms with Crippen LogP contribution in [0.5, 0.6) is 0 Å². The van der Waals surface area contributed by atoms with Crippen molar-refractivity contribution in [3.63, 3.8) is 0 Å². The molecule has 1 amide bonds. The van der Waals surface area contributed by atoms with E-state index in [1.54, 1.807) is 12.3 Å². The van der Waals surface area contributed by atoms with Crippen molar-refractivity contribution in [2.45, 2.75) is 19.9 Å². The monoisotopic (exact) mass is 318 g/mol. The predicted octanol–water partition coefficient (Wildman–Crippen LogP) is 3.64. The third-order valence-corrected chi connectivity index (χ3v) is 3.79. The molecule has 0 saturated carbocycles. The first-order valence-corrected chi connectivity index (χ1v) is 6.85. The van der Waals surface area contributed by atoms with Gasteiger partial charge in [-0.05, 0) is 49.7 Å². The van der Waals surface area contributed by atoms with Crippen molar-refractivity contribution in [2.75, 3.05) is 0 Å². The molecule has 1 N–H and O–H groups in total. The molecule has 98 valence electrons. The summed E-state index contributed by atoms with van der Waals surface area (Å²) in [4.78, 5) is 16.4. The lowest BCUT2D eigenvalue weighted by Gasteiger charge is -2.13. The van der Waals surface area contributed by atoms with Gasteiger partial charge in [-0.3, -0.25) is 9.78 Å². The minimum Gasteiger partial charge on any atom is -0.344 e. The second-order valence-corrected chi connectivity index (χ2v) is 5.27. The summed E-state index contributed by atoms with van der Waals surface area (Å²) in [6.07, 6.45) is 1.72. The molecule has 0 saturated heterocycles. The predicted molar refractivity (Wildman–Crippen MR) is 79.0 cm³/mol. The van der Waals surface area contributed by atoms with E-state index in [0.29, 0.717) is 5.56 Å². The molecule has 1 atom stereocenters. The number of pyridine rings is 1. The van der Waals surface area contributed by atoms with Crippen LogP contribution in [0.3, 0.4) is 0 Å². The van der Waals surface area contributed by atoms with Gasteiger partial charge in [-0.1, -0.05) is 22.0 Å². The molecule has 0 fully saturated rings. The number of aryl methyl sites for hydroxylation is 1. The lowest BCUT2D eigenvalue weighted by molar-refractivity contribution is 0.0939. The summed E-state index contributed by atoms with van der Waals surface area (Å²) >= 11 is 3.42. The van der Waals surface area contributed by atoms with E-state index >= 15 is 0 Å². The Labute approximate surface area is 121 Å². The molecule has 0 aliphatic carbocycles. The molecule has 1 unspecified atom stereocenters. The van der Waals surface area contributed by atoms with Gasteiger partial charge in [0.05, 0.1) is 11.7 Å². The van der Waals surface area contributed by atoms with Crippen LogP contribution in [0.15, 0.2) is 47.1 Å². The molecule has 1 aromatic heterocycles. The van der Waals surface area contributed by atoms with Crippen molar-refractivity contribution in [3.05, 3.63) is 63.9 Å². The fourth-order valence-corrected chi connectivity index (χ4v) is 2.02. The highest BCUT2D eigenvalue weighted by molar-refractivity contribution is 9.10. The number of hydrogen-bond acceptors (Lipinski definition) is 2. The Morgan fingerprint density at radius 1 is 1.32 bits per heavy atom. The number of rotatable bonds is 3. The van der Waals surface area contributed by atoms with E-state index in [1.807, 2.05) is 44.2 Å². The largest absolute Gasteiger partial charge is 0.344 e. The van der Waals surface area contributed by atoms with Crippen molar-refractivity contribution in [2.24, 2.45) is 0 Å². The van der Waals surface area contributed by atoms with Crippen LogP contribution in [-0.2, 0) is 0 Å². The van der Waals surface area contributed by atoms with E-state index in [-0.39, 0.29) is 11.9 Å². The maximum absolute atomic E-state index is 12.1. The molecule has 0 bridgehead atoms. The number of halogens is 1. The summed E-state index contributed by atoms with van der Waals surface area (Å²) in [6.45, 7) is 3.88. The average molecular weight is 319 g/mol. The van der Waals surface area contributed by atoms with Gasteiger partial charge in [0.15, 0.2) is 0 Å². The number of carbonyl (C=O) groups is 1. The van der Waals surface area contributed by atoms with E-state index in [1.165, 1.54) is 0 Å². The fraction of sp³-hybridized carbons (Fsp3) is 0.200. The van der Waals surface area contributed by atoms with Crippen LogP contribution in [-0.4, -0.2) is 10.9 Å². The molecule has 2 aromatic rings. The molecular formula is C15H15BrN2O. The molecule has 2 rings (SSSR count). The summed E-state index contributed by atoms with van der Waals surface area (Å²) in [6, 6.07) is 11.1. The Balaban J connectivity index is 2.11. The minimum atomic E-state index is -0.113. The van der Waals surface area contributed by atoms with Gasteiger partial charge in [0.2, 0.25) is 0 Å². The molecule has 0 aliphatic rings. The number of amides is 1. The second-order valence-electron chi connectivity index (χ2n) is 4.41. The Morgan fingerprint density at radius 3 is 2.74 bits per heavy atom. The molecule has 19 heavy (non-hydrogen) atoms. The van der Waals surface area contributed by atoms with Gasteiger partial charge < -0.3 is 5.32 Å². The van der Waals surface area contributed by atoms with Gasteiger partial charge in [0.25, 0.3) is 5.91 Å². The Morgan fingerprint density at radius 2 is 2.11 bits per heavy atom. The molecule has 3 nitrogen and oxygen atoms in total. The van der Waals surface area contributed by atoms with E-state index < -0.39 is 0 Å². The van der Waals surface area contributed by atoms with Gasteiger partial charge in [-0.25, -0.2) is 0 Å². The van der Waals surface area contributed by atoms with Crippen molar-refractivity contribution in [1.82, 2.24) is 10.3 Å². The van der Waals surface area contributed by atoms with Crippen LogP contribution < -0.4 is 5.32 Å². The first kappa shape index (κ1) is 13.7. The van der Waals surface area contributed by atoms with Crippen molar-refractivity contribution < 1.29 is 4.79 Å². The van der Waals surface area contributed by atoms with Crippen LogP contribution in [0.4, 0.5) is 0 Å². The fourth-order valence-electron chi connectivity index (χ4n) is 1.77. The Hall–Kier alpha value is -1.68. The summed E-state index contributed by atoms with van der Waals surface area (Å²) in [7, 11) is 0. The quantitative estimate of drug-likeness (QED) is 0.938.